The number of fused-ring (bicyclic) bond motifs is 3. The van der Waals surface area contributed by atoms with Crippen molar-refractivity contribution < 1.29 is 19.1 Å². The van der Waals surface area contributed by atoms with Gasteiger partial charge in [-0.05, 0) is 42.2 Å². The van der Waals surface area contributed by atoms with Crippen LogP contribution in [0.3, 0.4) is 0 Å². The summed E-state index contributed by atoms with van der Waals surface area (Å²) in [7, 11) is 0. The third-order valence-corrected chi connectivity index (χ3v) is 5.14. The Balaban J connectivity index is 1.74. The lowest BCUT2D eigenvalue weighted by molar-refractivity contribution is -0.0607. The molecular weight excluding hydrogens is 361 g/mol. The van der Waals surface area contributed by atoms with Crippen LogP contribution in [0.1, 0.15) is 34.1 Å². The Hall–Kier alpha value is -2.77. The molecule has 0 aliphatic carbocycles. The molecule has 0 radical (unpaired) electrons. The maximum absolute atomic E-state index is 13.2. The Morgan fingerprint density at radius 1 is 1.29 bits per heavy atom. The van der Waals surface area contributed by atoms with Crippen LogP contribution in [0.4, 0.5) is 10.1 Å². The number of amides is 1. The van der Waals surface area contributed by atoms with E-state index in [0.29, 0.717) is 43.5 Å². The molecule has 1 amide bonds. The van der Waals surface area contributed by atoms with Gasteiger partial charge in [0.1, 0.15) is 11.5 Å². The van der Waals surface area contributed by atoms with Gasteiger partial charge in [-0.3, -0.25) is 10.0 Å². The first kappa shape index (κ1) is 18.6. The summed E-state index contributed by atoms with van der Waals surface area (Å²) in [5, 5.41) is 10.5. The van der Waals surface area contributed by atoms with Gasteiger partial charge >= 0.3 is 0 Å². The third kappa shape index (κ3) is 3.39. The fraction of sp³-hybridized carbons (Fsp3) is 0.333. The second kappa shape index (κ2) is 7.69. The smallest absolute Gasteiger partial charge is 0.296 e. The predicted molar refractivity (Wildman–Crippen MR) is 103 cm³/mol. The van der Waals surface area contributed by atoms with Gasteiger partial charge in [0.2, 0.25) is 0 Å². The standard InChI is InChI=1S/C21H22FN3O3/c1-2-28-13-15-7-9-24(12-14-3-5-16(22)6-4-14)18-11-23-20-17(19(15)18)8-10-25(27)21(20)26/h3-7,11,27H,2,8-10,12-13H2,1H3. The van der Waals surface area contributed by atoms with Gasteiger partial charge in [-0.2, -0.15) is 0 Å². The van der Waals surface area contributed by atoms with Crippen LogP contribution in [-0.2, 0) is 17.7 Å². The summed E-state index contributed by atoms with van der Waals surface area (Å²) in [5.41, 5.74) is 5.06. The topological polar surface area (TPSA) is 65.9 Å². The molecule has 146 valence electrons. The second-order valence-electron chi connectivity index (χ2n) is 6.90. The number of carbonyl (C=O) groups excluding carboxylic acids is 1. The molecule has 0 unspecified atom stereocenters. The molecule has 1 aromatic carbocycles. The normalized spacial score (nSPS) is 16.0. The van der Waals surface area contributed by atoms with Crippen LogP contribution in [0.25, 0.3) is 5.57 Å². The van der Waals surface area contributed by atoms with Crippen molar-refractivity contribution in [2.75, 3.05) is 31.2 Å². The average molecular weight is 383 g/mol. The van der Waals surface area contributed by atoms with E-state index in [1.165, 1.54) is 12.1 Å². The van der Waals surface area contributed by atoms with Gasteiger partial charge in [-0.25, -0.2) is 14.4 Å². The zero-order valence-corrected chi connectivity index (χ0v) is 15.7. The Labute approximate surface area is 162 Å². The van der Waals surface area contributed by atoms with E-state index in [0.717, 1.165) is 28.0 Å². The van der Waals surface area contributed by atoms with Crippen molar-refractivity contribution in [2.24, 2.45) is 0 Å². The zero-order valence-electron chi connectivity index (χ0n) is 15.7. The molecule has 3 heterocycles. The largest absolute Gasteiger partial charge is 0.377 e. The van der Waals surface area contributed by atoms with Crippen molar-refractivity contribution in [1.82, 2.24) is 10.0 Å². The first-order chi connectivity index (χ1) is 13.6. The highest BCUT2D eigenvalue weighted by atomic mass is 19.1. The Kier molecular flexibility index (Phi) is 5.11. The highest BCUT2D eigenvalue weighted by Gasteiger charge is 2.31. The molecule has 0 bridgehead atoms. The minimum atomic E-state index is -0.476. The summed E-state index contributed by atoms with van der Waals surface area (Å²) in [6, 6.07) is 6.45. The molecule has 0 saturated heterocycles. The molecule has 0 fully saturated rings. The van der Waals surface area contributed by atoms with E-state index in [2.05, 4.69) is 16.0 Å². The van der Waals surface area contributed by atoms with E-state index >= 15 is 0 Å². The van der Waals surface area contributed by atoms with E-state index in [1.807, 2.05) is 6.92 Å². The number of hydrogen-bond acceptors (Lipinski definition) is 5. The molecule has 2 aliphatic heterocycles. The highest BCUT2D eigenvalue weighted by Crippen LogP contribution is 2.37. The van der Waals surface area contributed by atoms with E-state index in [-0.39, 0.29) is 12.4 Å². The van der Waals surface area contributed by atoms with Crippen LogP contribution in [0.5, 0.6) is 0 Å². The average Bonchev–Trinajstić information content (AvgIpc) is 2.71. The second-order valence-corrected chi connectivity index (χ2v) is 6.90. The number of benzene rings is 1. The molecule has 6 nitrogen and oxygen atoms in total. The molecular formula is C21H22FN3O3. The lowest BCUT2D eigenvalue weighted by Crippen LogP contribution is -2.37. The molecule has 4 rings (SSSR count). The lowest BCUT2D eigenvalue weighted by atomic mass is 9.90. The molecule has 7 heteroatoms. The summed E-state index contributed by atoms with van der Waals surface area (Å²) in [5.74, 6) is -0.736. The molecule has 0 spiro atoms. The number of nitrogens with zero attached hydrogens (tertiary/aromatic N) is 3. The van der Waals surface area contributed by atoms with Crippen molar-refractivity contribution in [1.29, 1.82) is 0 Å². The molecule has 28 heavy (non-hydrogen) atoms. The molecule has 2 aliphatic rings. The zero-order chi connectivity index (χ0) is 19.7. The molecule has 0 atom stereocenters. The first-order valence-corrected chi connectivity index (χ1v) is 9.37. The van der Waals surface area contributed by atoms with Crippen LogP contribution >= 0.6 is 0 Å². The predicted octanol–water partition coefficient (Wildman–Crippen LogP) is 3.05. The fourth-order valence-corrected chi connectivity index (χ4v) is 3.73. The number of aromatic nitrogens is 1. The summed E-state index contributed by atoms with van der Waals surface area (Å²) < 4.78 is 18.9. The van der Waals surface area contributed by atoms with Gasteiger partial charge < -0.3 is 9.64 Å². The van der Waals surface area contributed by atoms with Gasteiger partial charge in [0.05, 0.1) is 25.0 Å². The van der Waals surface area contributed by atoms with E-state index in [4.69, 9.17) is 4.74 Å². The van der Waals surface area contributed by atoms with Gasteiger partial charge in [0.15, 0.2) is 0 Å². The number of carbonyl (C=O) groups is 1. The van der Waals surface area contributed by atoms with Gasteiger partial charge in [0, 0.05) is 25.3 Å². The number of hydrogen-bond donors (Lipinski definition) is 1. The number of anilines is 1. The molecule has 1 N–H and O–H groups in total. The molecule has 2 aromatic rings. The minimum absolute atomic E-state index is 0.240. The molecule has 0 saturated carbocycles. The van der Waals surface area contributed by atoms with Crippen molar-refractivity contribution in [3.63, 3.8) is 0 Å². The fourth-order valence-electron chi connectivity index (χ4n) is 3.73. The van der Waals surface area contributed by atoms with Crippen LogP contribution in [0.15, 0.2) is 36.5 Å². The van der Waals surface area contributed by atoms with Crippen LogP contribution in [-0.4, -0.2) is 47.5 Å². The van der Waals surface area contributed by atoms with E-state index < -0.39 is 5.91 Å². The highest BCUT2D eigenvalue weighted by molar-refractivity contribution is 5.97. The lowest BCUT2D eigenvalue weighted by Gasteiger charge is -2.34. The summed E-state index contributed by atoms with van der Waals surface area (Å²) in [6.45, 7) is 4.52. The number of pyridine rings is 1. The maximum atomic E-state index is 13.2. The van der Waals surface area contributed by atoms with Crippen molar-refractivity contribution >= 4 is 17.2 Å². The quantitative estimate of drug-likeness (QED) is 0.804. The maximum Gasteiger partial charge on any atom is 0.296 e. The van der Waals surface area contributed by atoms with Crippen molar-refractivity contribution in [2.45, 2.75) is 19.9 Å². The van der Waals surface area contributed by atoms with Crippen molar-refractivity contribution in [3.05, 3.63) is 64.7 Å². The first-order valence-electron chi connectivity index (χ1n) is 9.37. The third-order valence-electron chi connectivity index (χ3n) is 5.14. The SMILES string of the molecule is CCOCC1=CCN(Cc2ccc(F)cc2)c2cnc3c(c21)CCN(O)C3=O. The number of hydroxylamine groups is 2. The summed E-state index contributed by atoms with van der Waals surface area (Å²) in [4.78, 5) is 18.9. The monoisotopic (exact) mass is 383 g/mol. The van der Waals surface area contributed by atoms with E-state index in [1.54, 1.807) is 18.3 Å². The van der Waals surface area contributed by atoms with Crippen LogP contribution < -0.4 is 4.90 Å². The van der Waals surface area contributed by atoms with Crippen LogP contribution in [0, 0.1) is 5.82 Å². The minimum Gasteiger partial charge on any atom is -0.377 e. The van der Waals surface area contributed by atoms with Gasteiger partial charge in [0.25, 0.3) is 5.91 Å². The Bertz CT molecular complexity index is 927. The van der Waals surface area contributed by atoms with Crippen LogP contribution in [0.2, 0.25) is 0 Å². The summed E-state index contributed by atoms with van der Waals surface area (Å²) in [6.07, 6.45) is 4.33. The van der Waals surface area contributed by atoms with Gasteiger partial charge in [-0.15, -0.1) is 0 Å². The van der Waals surface area contributed by atoms with E-state index in [9.17, 15) is 14.4 Å². The Morgan fingerprint density at radius 2 is 2.07 bits per heavy atom. The number of halogens is 1. The number of ether oxygens (including phenoxy) is 1. The molecule has 1 aromatic heterocycles. The van der Waals surface area contributed by atoms with Gasteiger partial charge in [-0.1, -0.05) is 18.2 Å². The summed E-state index contributed by atoms with van der Waals surface area (Å²) >= 11 is 0. The number of rotatable bonds is 5. The van der Waals surface area contributed by atoms with Crippen molar-refractivity contribution in [3.8, 4) is 0 Å². The Morgan fingerprint density at radius 3 is 2.82 bits per heavy atom.